The molecule has 1 amide bonds. The van der Waals surface area contributed by atoms with Gasteiger partial charge in [-0.05, 0) is 25.6 Å². The first-order valence-corrected chi connectivity index (χ1v) is 6.31. The number of amides is 1. The molecular weight excluding hydrogens is 270 g/mol. The van der Waals surface area contributed by atoms with Crippen LogP contribution >= 0.6 is 11.6 Å². The molecule has 0 aromatic heterocycles. The molecule has 1 aliphatic heterocycles. The largest absolute Gasteiger partial charge is 0.337 e. The standard InChI is InChI=1S/C12H14ClN3O3/c1-14-9-4-5-15(7-9)12(17)10-3-2-8(13)6-11(10)16(18)19/h2-3,6,9,14H,4-5,7H2,1H3. The van der Waals surface area contributed by atoms with Crippen molar-refractivity contribution in [3.63, 3.8) is 0 Å². The van der Waals surface area contributed by atoms with Crippen molar-refractivity contribution in [1.29, 1.82) is 0 Å². The second-order valence-corrected chi connectivity index (χ2v) is 4.88. The van der Waals surface area contributed by atoms with Gasteiger partial charge in [-0.3, -0.25) is 14.9 Å². The summed E-state index contributed by atoms with van der Waals surface area (Å²) in [6, 6.07) is 4.36. The zero-order valence-corrected chi connectivity index (χ0v) is 11.2. The average Bonchev–Trinajstić information content (AvgIpc) is 2.86. The Labute approximate surface area is 115 Å². The molecule has 1 N–H and O–H groups in total. The summed E-state index contributed by atoms with van der Waals surface area (Å²) >= 11 is 5.73. The second kappa shape index (κ2) is 5.54. The van der Waals surface area contributed by atoms with E-state index in [-0.39, 0.29) is 28.2 Å². The summed E-state index contributed by atoms with van der Waals surface area (Å²) in [7, 11) is 1.84. The lowest BCUT2D eigenvalue weighted by Crippen LogP contribution is -2.33. The maximum Gasteiger partial charge on any atom is 0.283 e. The summed E-state index contributed by atoms with van der Waals surface area (Å²) in [4.78, 5) is 24.3. The number of benzene rings is 1. The SMILES string of the molecule is CNC1CCN(C(=O)c2ccc(Cl)cc2[N+](=O)[O-])C1. The molecule has 1 unspecified atom stereocenters. The molecule has 0 bridgehead atoms. The van der Waals surface area contributed by atoms with Crippen LogP contribution in [-0.4, -0.2) is 41.9 Å². The Morgan fingerprint density at radius 2 is 2.32 bits per heavy atom. The van der Waals surface area contributed by atoms with Crippen molar-refractivity contribution in [2.45, 2.75) is 12.5 Å². The predicted octanol–water partition coefficient (Wildman–Crippen LogP) is 1.68. The Bertz CT molecular complexity index is 521. The smallest absolute Gasteiger partial charge is 0.283 e. The Morgan fingerprint density at radius 1 is 1.58 bits per heavy atom. The molecule has 1 saturated heterocycles. The third-order valence-electron chi connectivity index (χ3n) is 3.27. The summed E-state index contributed by atoms with van der Waals surface area (Å²) < 4.78 is 0. The lowest BCUT2D eigenvalue weighted by molar-refractivity contribution is -0.385. The van der Waals surface area contributed by atoms with Crippen LogP contribution in [0.3, 0.4) is 0 Å². The minimum absolute atomic E-state index is 0.0890. The molecule has 1 fully saturated rings. The summed E-state index contributed by atoms with van der Waals surface area (Å²) in [6.07, 6.45) is 0.851. The molecule has 0 aliphatic carbocycles. The summed E-state index contributed by atoms with van der Waals surface area (Å²) in [6.45, 7) is 1.17. The lowest BCUT2D eigenvalue weighted by Gasteiger charge is -2.16. The highest BCUT2D eigenvalue weighted by atomic mass is 35.5. The molecule has 6 nitrogen and oxygen atoms in total. The van der Waals surface area contributed by atoms with E-state index in [0.29, 0.717) is 13.1 Å². The molecule has 102 valence electrons. The number of likely N-dealkylation sites (N-methyl/N-ethyl adjacent to an activating group) is 1. The third-order valence-corrected chi connectivity index (χ3v) is 3.51. The summed E-state index contributed by atoms with van der Waals surface area (Å²) in [5, 5.41) is 14.3. The van der Waals surface area contributed by atoms with E-state index in [1.165, 1.54) is 18.2 Å². The maximum absolute atomic E-state index is 12.3. The zero-order valence-electron chi connectivity index (χ0n) is 10.4. The topological polar surface area (TPSA) is 75.5 Å². The summed E-state index contributed by atoms with van der Waals surface area (Å²) in [5.41, 5.74) is -0.156. The molecule has 0 saturated carbocycles. The van der Waals surface area contributed by atoms with Gasteiger partial charge >= 0.3 is 0 Å². The van der Waals surface area contributed by atoms with Crippen molar-refractivity contribution < 1.29 is 9.72 Å². The molecule has 7 heteroatoms. The number of carbonyl (C=O) groups is 1. The number of likely N-dealkylation sites (tertiary alicyclic amines) is 1. The molecule has 0 radical (unpaired) electrons. The number of halogens is 1. The molecule has 1 aliphatic rings. The first kappa shape index (κ1) is 13.8. The van der Waals surface area contributed by atoms with Crippen LogP contribution in [-0.2, 0) is 0 Å². The fourth-order valence-electron chi connectivity index (χ4n) is 2.19. The van der Waals surface area contributed by atoms with Gasteiger partial charge in [-0.1, -0.05) is 11.6 Å². The Hall–Kier alpha value is -1.66. The van der Waals surface area contributed by atoms with Crippen molar-refractivity contribution >= 4 is 23.2 Å². The number of hydrogen-bond acceptors (Lipinski definition) is 4. The zero-order chi connectivity index (χ0) is 14.0. The Balaban J connectivity index is 2.27. The highest BCUT2D eigenvalue weighted by Crippen LogP contribution is 2.25. The molecular formula is C12H14ClN3O3. The third kappa shape index (κ3) is 2.85. The van der Waals surface area contributed by atoms with Crippen LogP contribution in [0.2, 0.25) is 5.02 Å². The van der Waals surface area contributed by atoms with Gasteiger partial charge in [0.25, 0.3) is 11.6 Å². The molecule has 2 rings (SSSR count). The predicted molar refractivity (Wildman–Crippen MR) is 71.5 cm³/mol. The van der Waals surface area contributed by atoms with Gasteiger partial charge in [0.1, 0.15) is 5.56 Å². The quantitative estimate of drug-likeness (QED) is 0.676. The number of nitro groups is 1. The minimum Gasteiger partial charge on any atom is -0.337 e. The van der Waals surface area contributed by atoms with Crippen LogP contribution in [0.4, 0.5) is 5.69 Å². The second-order valence-electron chi connectivity index (χ2n) is 4.44. The molecule has 1 heterocycles. The van der Waals surface area contributed by atoms with Gasteiger partial charge in [0.2, 0.25) is 0 Å². The monoisotopic (exact) mass is 283 g/mol. The van der Waals surface area contributed by atoms with Crippen LogP contribution in [0.25, 0.3) is 0 Å². The number of hydrogen-bond donors (Lipinski definition) is 1. The van der Waals surface area contributed by atoms with E-state index in [1.807, 2.05) is 7.05 Å². The average molecular weight is 284 g/mol. The Morgan fingerprint density at radius 3 is 2.89 bits per heavy atom. The molecule has 1 atom stereocenters. The van der Waals surface area contributed by atoms with E-state index in [1.54, 1.807) is 4.90 Å². The number of nitro benzene ring substituents is 1. The van der Waals surface area contributed by atoms with E-state index >= 15 is 0 Å². The van der Waals surface area contributed by atoms with E-state index in [9.17, 15) is 14.9 Å². The van der Waals surface area contributed by atoms with E-state index in [4.69, 9.17) is 11.6 Å². The van der Waals surface area contributed by atoms with Crippen molar-refractivity contribution in [2.75, 3.05) is 20.1 Å². The molecule has 1 aromatic rings. The summed E-state index contributed by atoms with van der Waals surface area (Å²) in [5.74, 6) is -0.318. The van der Waals surface area contributed by atoms with Gasteiger partial charge in [-0.15, -0.1) is 0 Å². The van der Waals surface area contributed by atoms with Crippen molar-refractivity contribution in [3.05, 3.63) is 38.9 Å². The first-order chi connectivity index (χ1) is 9.02. The van der Waals surface area contributed by atoms with Crippen molar-refractivity contribution in [3.8, 4) is 0 Å². The van der Waals surface area contributed by atoms with Crippen LogP contribution in [0.15, 0.2) is 18.2 Å². The fraction of sp³-hybridized carbons (Fsp3) is 0.417. The number of rotatable bonds is 3. The van der Waals surface area contributed by atoms with Gasteiger partial charge < -0.3 is 10.2 Å². The van der Waals surface area contributed by atoms with Crippen molar-refractivity contribution in [2.24, 2.45) is 0 Å². The van der Waals surface area contributed by atoms with Crippen LogP contribution in [0, 0.1) is 10.1 Å². The normalized spacial score (nSPS) is 18.6. The molecule has 0 spiro atoms. The molecule has 19 heavy (non-hydrogen) atoms. The van der Waals surface area contributed by atoms with Crippen LogP contribution < -0.4 is 5.32 Å². The van der Waals surface area contributed by atoms with Crippen LogP contribution in [0.5, 0.6) is 0 Å². The van der Waals surface area contributed by atoms with Gasteiger partial charge in [0, 0.05) is 30.2 Å². The molecule has 1 aromatic carbocycles. The number of carbonyl (C=O) groups excluding carboxylic acids is 1. The minimum atomic E-state index is -0.579. The van der Waals surface area contributed by atoms with Gasteiger partial charge in [0.05, 0.1) is 4.92 Å². The van der Waals surface area contributed by atoms with E-state index in [0.717, 1.165) is 6.42 Å². The maximum atomic E-state index is 12.3. The van der Waals surface area contributed by atoms with E-state index < -0.39 is 4.92 Å². The Kier molecular flexibility index (Phi) is 4.01. The van der Waals surface area contributed by atoms with Gasteiger partial charge in [0.15, 0.2) is 0 Å². The van der Waals surface area contributed by atoms with Gasteiger partial charge in [-0.25, -0.2) is 0 Å². The van der Waals surface area contributed by atoms with Crippen LogP contribution in [0.1, 0.15) is 16.8 Å². The highest BCUT2D eigenvalue weighted by molar-refractivity contribution is 6.31. The number of nitrogens with zero attached hydrogens (tertiary/aromatic N) is 2. The number of nitrogens with one attached hydrogen (secondary N) is 1. The van der Waals surface area contributed by atoms with Gasteiger partial charge in [-0.2, -0.15) is 0 Å². The fourth-order valence-corrected chi connectivity index (χ4v) is 2.35. The van der Waals surface area contributed by atoms with E-state index in [2.05, 4.69) is 5.32 Å². The van der Waals surface area contributed by atoms with Crippen molar-refractivity contribution in [1.82, 2.24) is 10.2 Å². The lowest BCUT2D eigenvalue weighted by atomic mass is 10.1. The highest BCUT2D eigenvalue weighted by Gasteiger charge is 2.30. The first-order valence-electron chi connectivity index (χ1n) is 5.93.